The van der Waals surface area contributed by atoms with Crippen LogP contribution in [0.1, 0.15) is 11.3 Å². The molecule has 0 aliphatic heterocycles. The van der Waals surface area contributed by atoms with E-state index in [0.29, 0.717) is 17.1 Å². The Kier molecular flexibility index (Phi) is 2.89. The molecule has 0 saturated carbocycles. The van der Waals surface area contributed by atoms with Crippen molar-refractivity contribution in [3.63, 3.8) is 0 Å². The van der Waals surface area contributed by atoms with Gasteiger partial charge in [0.25, 0.3) is 5.56 Å². The molecule has 1 rings (SSSR count). The summed E-state index contributed by atoms with van der Waals surface area (Å²) in [7, 11) is 1.77. The second-order valence-corrected chi connectivity index (χ2v) is 3.05. The summed E-state index contributed by atoms with van der Waals surface area (Å²) in [6.45, 7) is 2.30. The van der Waals surface area contributed by atoms with Crippen molar-refractivity contribution in [1.29, 1.82) is 0 Å². The Bertz CT molecular complexity index is 332. The van der Waals surface area contributed by atoms with E-state index in [4.69, 9.17) is 11.6 Å². The van der Waals surface area contributed by atoms with Crippen molar-refractivity contribution in [2.45, 2.75) is 13.5 Å². The van der Waals surface area contributed by atoms with Crippen LogP contribution in [0.3, 0.4) is 0 Å². The summed E-state index contributed by atoms with van der Waals surface area (Å²) < 4.78 is 0. The summed E-state index contributed by atoms with van der Waals surface area (Å²) in [6.07, 6.45) is 0. The maximum atomic E-state index is 11.3. The van der Waals surface area contributed by atoms with Crippen LogP contribution in [0.2, 0.25) is 5.02 Å². The van der Waals surface area contributed by atoms with Gasteiger partial charge < -0.3 is 10.3 Å². The number of hydrogen-bond donors (Lipinski definition) is 2. The molecule has 1 aromatic rings. The largest absolute Gasteiger partial charge is 0.326 e. The van der Waals surface area contributed by atoms with E-state index in [1.807, 2.05) is 0 Å². The normalized spacial score (nSPS) is 10.2. The fourth-order valence-electron chi connectivity index (χ4n) is 1.02. The maximum absolute atomic E-state index is 11.3. The number of hydrogen-bond acceptors (Lipinski definition) is 2. The molecule has 0 fully saturated rings. The van der Waals surface area contributed by atoms with Gasteiger partial charge in [-0.2, -0.15) is 0 Å². The number of nitrogens with one attached hydrogen (secondary N) is 2. The van der Waals surface area contributed by atoms with Crippen molar-refractivity contribution in [2.24, 2.45) is 0 Å². The van der Waals surface area contributed by atoms with Gasteiger partial charge in [-0.1, -0.05) is 11.6 Å². The van der Waals surface area contributed by atoms with Gasteiger partial charge in [0.15, 0.2) is 0 Å². The number of aromatic amines is 1. The van der Waals surface area contributed by atoms with E-state index in [9.17, 15) is 4.79 Å². The molecule has 0 aromatic carbocycles. The first-order valence-corrected chi connectivity index (χ1v) is 4.06. The highest BCUT2D eigenvalue weighted by Crippen LogP contribution is 2.11. The molecule has 1 heterocycles. The summed E-state index contributed by atoms with van der Waals surface area (Å²) in [5.41, 5.74) is 1.25. The molecule has 12 heavy (non-hydrogen) atoms. The summed E-state index contributed by atoms with van der Waals surface area (Å²) >= 11 is 5.85. The van der Waals surface area contributed by atoms with Crippen LogP contribution < -0.4 is 10.9 Å². The van der Waals surface area contributed by atoms with Gasteiger partial charge in [0, 0.05) is 17.8 Å². The highest BCUT2D eigenvalue weighted by Gasteiger charge is 2.04. The van der Waals surface area contributed by atoms with Crippen molar-refractivity contribution in [1.82, 2.24) is 10.3 Å². The van der Waals surface area contributed by atoms with Gasteiger partial charge in [-0.15, -0.1) is 0 Å². The lowest BCUT2D eigenvalue weighted by atomic mass is 10.2. The second-order valence-electron chi connectivity index (χ2n) is 2.64. The minimum Gasteiger partial charge on any atom is -0.326 e. The first kappa shape index (κ1) is 9.29. The molecule has 3 nitrogen and oxygen atoms in total. The van der Waals surface area contributed by atoms with Crippen LogP contribution >= 0.6 is 11.6 Å². The summed E-state index contributed by atoms with van der Waals surface area (Å²) in [6, 6.07) is 1.75. The van der Waals surface area contributed by atoms with Gasteiger partial charge in [0.2, 0.25) is 0 Å². The number of aryl methyl sites for hydroxylation is 1. The average Bonchev–Trinajstić information content (AvgIpc) is 1.96. The van der Waals surface area contributed by atoms with E-state index in [1.54, 1.807) is 20.0 Å². The SMILES string of the molecule is CNCc1c(Cl)cc(C)[nH]c1=O. The van der Waals surface area contributed by atoms with Crippen LogP contribution in [-0.4, -0.2) is 12.0 Å². The van der Waals surface area contributed by atoms with Crippen LogP contribution in [0.4, 0.5) is 0 Å². The maximum Gasteiger partial charge on any atom is 0.254 e. The number of pyridine rings is 1. The summed E-state index contributed by atoms with van der Waals surface area (Å²) in [5, 5.41) is 3.40. The Morgan fingerprint density at radius 3 is 2.83 bits per heavy atom. The first-order valence-electron chi connectivity index (χ1n) is 3.68. The third-order valence-corrected chi connectivity index (χ3v) is 1.91. The fraction of sp³-hybridized carbons (Fsp3) is 0.375. The molecule has 66 valence electrons. The molecule has 0 radical (unpaired) electrons. The standard InChI is InChI=1S/C8H11ClN2O/c1-5-3-7(9)6(4-10-2)8(12)11-5/h3,10H,4H2,1-2H3,(H,11,12). The quantitative estimate of drug-likeness (QED) is 0.726. The van der Waals surface area contributed by atoms with Gasteiger partial charge in [0.1, 0.15) is 0 Å². The zero-order valence-electron chi connectivity index (χ0n) is 7.07. The van der Waals surface area contributed by atoms with E-state index in [2.05, 4.69) is 10.3 Å². The van der Waals surface area contributed by atoms with Gasteiger partial charge in [-0.25, -0.2) is 0 Å². The van der Waals surface area contributed by atoms with Crippen molar-refractivity contribution in [3.8, 4) is 0 Å². The van der Waals surface area contributed by atoms with Crippen molar-refractivity contribution in [2.75, 3.05) is 7.05 Å². The second kappa shape index (κ2) is 3.74. The number of H-pyrrole nitrogens is 1. The smallest absolute Gasteiger partial charge is 0.254 e. The van der Waals surface area contributed by atoms with Crippen molar-refractivity contribution >= 4 is 11.6 Å². The minimum atomic E-state index is -0.116. The molecule has 0 atom stereocenters. The van der Waals surface area contributed by atoms with E-state index in [1.165, 1.54) is 0 Å². The lowest BCUT2D eigenvalue weighted by molar-refractivity contribution is 0.803. The molecule has 0 spiro atoms. The van der Waals surface area contributed by atoms with Crippen LogP contribution in [0.5, 0.6) is 0 Å². The summed E-state index contributed by atoms with van der Waals surface area (Å²) in [5.74, 6) is 0. The fourth-order valence-corrected chi connectivity index (χ4v) is 1.33. The lowest BCUT2D eigenvalue weighted by Crippen LogP contribution is -2.19. The van der Waals surface area contributed by atoms with Crippen LogP contribution in [0.15, 0.2) is 10.9 Å². The van der Waals surface area contributed by atoms with Crippen LogP contribution in [0, 0.1) is 6.92 Å². The van der Waals surface area contributed by atoms with Crippen molar-refractivity contribution in [3.05, 3.63) is 32.7 Å². The number of aromatic nitrogens is 1. The molecule has 0 bridgehead atoms. The van der Waals surface area contributed by atoms with Gasteiger partial charge in [-0.3, -0.25) is 4.79 Å². The molecule has 2 N–H and O–H groups in total. The Balaban J connectivity index is 3.19. The molecule has 0 amide bonds. The Labute approximate surface area is 75.8 Å². The van der Waals surface area contributed by atoms with Gasteiger partial charge in [-0.05, 0) is 20.0 Å². The number of rotatable bonds is 2. The Hall–Kier alpha value is -0.800. The van der Waals surface area contributed by atoms with Crippen molar-refractivity contribution < 1.29 is 0 Å². The molecular weight excluding hydrogens is 176 g/mol. The van der Waals surface area contributed by atoms with E-state index < -0.39 is 0 Å². The van der Waals surface area contributed by atoms with Gasteiger partial charge >= 0.3 is 0 Å². The number of halogens is 1. The predicted octanol–water partition coefficient (Wildman–Crippen LogP) is 1.06. The average molecular weight is 187 g/mol. The molecule has 0 aliphatic carbocycles. The molecule has 4 heteroatoms. The highest BCUT2D eigenvalue weighted by molar-refractivity contribution is 6.31. The highest BCUT2D eigenvalue weighted by atomic mass is 35.5. The summed E-state index contributed by atoms with van der Waals surface area (Å²) in [4.78, 5) is 14.0. The zero-order chi connectivity index (χ0) is 9.14. The molecular formula is C8H11ClN2O. The zero-order valence-corrected chi connectivity index (χ0v) is 7.83. The Morgan fingerprint density at radius 2 is 2.33 bits per heavy atom. The minimum absolute atomic E-state index is 0.116. The predicted molar refractivity (Wildman–Crippen MR) is 49.6 cm³/mol. The van der Waals surface area contributed by atoms with Crippen LogP contribution in [0.25, 0.3) is 0 Å². The van der Waals surface area contributed by atoms with E-state index >= 15 is 0 Å². The topological polar surface area (TPSA) is 44.9 Å². The monoisotopic (exact) mass is 186 g/mol. The third kappa shape index (κ3) is 1.87. The molecule has 0 unspecified atom stereocenters. The third-order valence-electron chi connectivity index (χ3n) is 1.57. The molecule has 1 aromatic heterocycles. The van der Waals surface area contributed by atoms with E-state index in [-0.39, 0.29) is 5.56 Å². The Morgan fingerprint density at radius 1 is 1.67 bits per heavy atom. The lowest BCUT2D eigenvalue weighted by Gasteiger charge is -2.02. The van der Waals surface area contributed by atoms with Gasteiger partial charge in [0.05, 0.1) is 5.02 Å². The molecule has 0 saturated heterocycles. The molecule has 0 aliphatic rings. The van der Waals surface area contributed by atoms with E-state index in [0.717, 1.165) is 5.69 Å². The van der Waals surface area contributed by atoms with Crippen LogP contribution in [-0.2, 0) is 6.54 Å². The first-order chi connectivity index (χ1) is 5.65.